The fourth-order valence-electron chi connectivity index (χ4n) is 2.30. The molecule has 22 heavy (non-hydrogen) atoms. The van der Waals surface area contributed by atoms with Crippen molar-refractivity contribution in [1.82, 2.24) is 0 Å². The van der Waals surface area contributed by atoms with E-state index in [1.807, 2.05) is 6.92 Å². The number of benzene rings is 1. The molecular weight excluding hydrogens is 292 g/mol. The number of nitrogens with one attached hydrogen (secondary N) is 1. The van der Waals surface area contributed by atoms with E-state index >= 15 is 0 Å². The van der Waals surface area contributed by atoms with Gasteiger partial charge in [-0.1, -0.05) is 0 Å². The lowest BCUT2D eigenvalue weighted by atomic mass is 9.99. The van der Waals surface area contributed by atoms with Gasteiger partial charge in [0.05, 0.1) is 36.9 Å². The predicted molar refractivity (Wildman–Crippen MR) is 78.1 cm³/mol. The Labute approximate surface area is 127 Å². The molecule has 0 bridgehead atoms. The standard InChI is InChI=1S/C14H18N2O6/c1-14(21-3)8-22-7-12(14)15-10-6-9(13(17)20-2)4-5-11(10)16(18)19/h4-6,12,15H,7-8H2,1-3H3. The highest BCUT2D eigenvalue weighted by atomic mass is 16.6. The molecule has 2 atom stereocenters. The van der Waals surface area contributed by atoms with E-state index in [9.17, 15) is 14.9 Å². The lowest BCUT2D eigenvalue weighted by Gasteiger charge is -2.29. The topological polar surface area (TPSA) is 99.9 Å². The third-order valence-corrected chi connectivity index (χ3v) is 3.82. The summed E-state index contributed by atoms with van der Waals surface area (Å²) in [6.45, 7) is 2.59. The minimum atomic E-state index is -0.602. The van der Waals surface area contributed by atoms with Gasteiger partial charge in [-0.25, -0.2) is 4.79 Å². The minimum Gasteiger partial charge on any atom is -0.465 e. The second-order valence-corrected chi connectivity index (χ2v) is 5.21. The smallest absolute Gasteiger partial charge is 0.337 e. The van der Waals surface area contributed by atoms with Crippen LogP contribution in [0.1, 0.15) is 17.3 Å². The number of nitro benzene ring substituents is 1. The van der Waals surface area contributed by atoms with E-state index in [1.54, 1.807) is 7.11 Å². The molecule has 1 aliphatic rings. The molecule has 0 spiro atoms. The van der Waals surface area contributed by atoms with Gasteiger partial charge in [0.2, 0.25) is 0 Å². The second kappa shape index (κ2) is 6.29. The van der Waals surface area contributed by atoms with E-state index in [0.717, 1.165) is 0 Å². The van der Waals surface area contributed by atoms with Crippen LogP contribution in [0.25, 0.3) is 0 Å². The van der Waals surface area contributed by atoms with E-state index in [4.69, 9.17) is 9.47 Å². The first-order valence-corrected chi connectivity index (χ1v) is 6.67. The number of nitrogens with zero attached hydrogens (tertiary/aromatic N) is 1. The van der Waals surface area contributed by atoms with Crippen LogP contribution in [0.3, 0.4) is 0 Å². The van der Waals surface area contributed by atoms with Crippen LogP contribution in [0, 0.1) is 10.1 Å². The van der Waals surface area contributed by atoms with Gasteiger partial charge in [-0.2, -0.15) is 0 Å². The molecule has 0 saturated carbocycles. The van der Waals surface area contributed by atoms with Crippen molar-refractivity contribution in [1.29, 1.82) is 0 Å². The van der Waals surface area contributed by atoms with Gasteiger partial charge >= 0.3 is 5.97 Å². The molecule has 0 amide bonds. The van der Waals surface area contributed by atoms with Gasteiger partial charge in [0.25, 0.3) is 5.69 Å². The zero-order chi connectivity index (χ0) is 16.3. The van der Waals surface area contributed by atoms with Crippen molar-refractivity contribution >= 4 is 17.3 Å². The number of carbonyl (C=O) groups is 1. The molecule has 1 heterocycles. The Bertz CT molecular complexity index is 591. The zero-order valence-corrected chi connectivity index (χ0v) is 12.6. The molecule has 8 nitrogen and oxygen atoms in total. The SMILES string of the molecule is COC(=O)c1ccc([N+](=O)[O-])c(NC2COCC2(C)OC)c1. The highest BCUT2D eigenvalue weighted by molar-refractivity contribution is 5.91. The molecular formula is C14H18N2O6. The van der Waals surface area contributed by atoms with E-state index in [0.29, 0.717) is 13.2 Å². The van der Waals surface area contributed by atoms with Gasteiger partial charge in [0, 0.05) is 13.2 Å². The number of esters is 1. The normalized spacial score (nSPS) is 24.0. The van der Waals surface area contributed by atoms with Crippen LogP contribution in [0.5, 0.6) is 0 Å². The van der Waals surface area contributed by atoms with Crippen molar-refractivity contribution in [2.75, 3.05) is 32.8 Å². The Kier molecular flexibility index (Phi) is 4.62. The Morgan fingerprint density at radius 3 is 2.82 bits per heavy atom. The van der Waals surface area contributed by atoms with Crippen LogP contribution in [-0.2, 0) is 14.2 Å². The first kappa shape index (κ1) is 16.2. The molecule has 0 radical (unpaired) electrons. The maximum Gasteiger partial charge on any atom is 0.337 e. The maximum atomic E-state index is 11.6. The fourth-order valence-corrected chi connectivity index (χ4v) is 2.30. The average molecular weight is 310 g/mol. The van der Waals surface area contributed by atoms with Crippen LogP contribution < -0.4 is 5.32 Å². The summed E-state index contributed by atoms with van der Waals surface area (Å²) in [5.41, 5.74) is -0.270. The van der Waals surface area contributed by atoms with Crippen molar-refractivity contribution < 1.29 is 23.9 Å². The summed E-state index contributed by atoms with van der Waals surface area (Å²) in [6.07, 6.45) is 0. The second-order valence-electron chi connectivity index (χ2n) is 5.21. The summed E-state index contributed by atoms with van der Waals surface area (Å²) in [5, 5.41) is 14.2. The van der Waals surface area contributed by atoms with E-state index in [2.05, 4.69) is 10.1 Å². The number of carbonyl (C=O) groups excluding carboxylic acids is 1. The molecule has 1 saturated heterocycles. The van der Waals surface area contributed by atoms with E-state index in [-0.39, 0.29) is 23.0 Å². The number of nitro groups is 1. The number of anilines is 1. The van der Waals surface area contributed by atoms with Crippen molar-refractivity contribution in [2.24, 2.45) is 0 Å². The molecule has 1 N–H and O–H groups in total. The van der Waals surface area contributed by atoms with Crippen LogP contribution >= 0.6 is 0 Å². The molecule has 0 aliphatic carbocycles. The largest absolute Gasteiger partial charge is 0.465 e. The molecule has 0 aromatic heterocycles. The summed E-state index contributed by atoms with van der Waals surface area (Å²) in [7, 11) is 2.81. The van der Waals surface area contributed by atoms with E-state index in [1.165, 1.54) is 25.3 Å². The van der Waals surface area contributed by atoms with Gasteiger partial charge in [-0.15, -0.1) is 0 Å². The first-order chi connectivity index (χ1) is 10.4. The highest BCUT2D eigenvalue weighted by Gasteiger charge is 2.41. The van der Waals surface area contributed by atoms with Crippen molar-refractivity contribution in [3.63, 3.8) is 0 Å². The Morgan fingerprint density at radius 1 is 1.50 bits per heavy atom. The van der Waals surface area contributed by atoms with Crippen LogP contribution in [-0.4, -0.2) is 50.0 Å². The van der Waals surface area contributed by atoms with Gasteiger partial charge in [-0.05, 0) is 19.1 Å². The van der Waals surface area contributed by atoms with Crippen LogP contribution in [0.4, 0.5) is 11.4 Å². The minimum absolute atomic E-state index is 0.127. The number of hydrogen-bond donors (Lipinski definition) is 1. The fraction of sp³-hybridized carbons (Fsp3) is 0.500. The Balaban J connectivity index is 2.35. The highest BCUT2D eigenvalue weighted by Crippen LogP contribution is 2.31. The van der Waals surface area contributed by atoms with Gasteiger partial charge in [0.1, 0.15) is 11.3 Å². The van der Waals surface area contributed by atoms with Crippen molar-refractivity contribution in [3.05, 3.63) is 33.9 Å². The number of methoxy groups -OCH3 is 2. The summed E-state index contributed by atoms with van der Waals surface area (Å²) in [4.78, 5) is 22.3. The van der Waals surface area contributed by atoms with Gasteiger partial charge in [0.15, 0.2) is 0 Å². The summed E-state index contributed by atoms with van der Waals surface area (Å²) < 4.78 is 15.5. The zero-order valence-electron chi connectivity index (χ0n) is 12.6. The molecule has 2 unspecified atom stereocenters. The monoisotopic (exact) mass is 310 g/mol. The third-order valence-electron chi connectivity index (χ3n) is 3.82. The summed E-state index contributed by atoms with van der Waals surface area (Å²) >= 11 is 0. The Morgan fingerprint density at radius 2 is 2.23 bits per heavy atom. The molecule has 1 aromatic rings. The Hall–Kier alpha value is -2.19. The average Bonchev–Trinajstić information content (AvgIpc) is 2.87. The summed E-state index contributed by atoms with van der Waals surface area (Å²) in [6, 6.07) is 3.76. The molecule has 1 aromatic carbocycles. The number of ether oxygens (including phenoxy) is 3. The van der Waals surface area contributed by atoms with Gasteiger partial charge in [-0.3, -0.25) is 10.1 Å². The molecule has 1 fully saturated rings. The quantitative estimate of drug-likeness (QED) is 0.501. The third kappa shape index (κ3) is 3.02. The van der Waals surface area contributed by atoms with Gasteiger partial charge < -0.3 is 19.5 Å². The van der Waals surface area contributed by atoms with Crippen LogP contribution in [0.15, 0.2) is 18.2 Å². The number of hydrogen-bond acceptors (Lipinski definition) is 7. The first-order valence-electron chi connectivity index (χ1n) is 6.67. The van der Waals surface area contributed by atoms with Crippen molar-refractivity contribution in [3.8, 4) is 0 Å². The lowest BCUT2D eigenvalue weighted by Crippen LogP contribution is -2.45. The maximum absolute atomic E-state index is 11.6. The van der Waals surface area contributed by atoms with Crippen molar-refractivity contribution in [2.45, 2.75) is 18.6 Å². The molecule has 8 heteroatoms. The van der Waals surface area contributed by atoms with Crippen LogP contribution in [0.2, 0.25) is 0 Å². The van der Waals surface area contributed by atoms with E-state index < -0.39 is 16.5 Å². The number of rotatable bonds is 5. The predicted octanol–water partition coefficient (Wildman–Crippen LogP) is 1.60. The summed E-state index contributed by atoms with van der Waals surface area (Å²) in [5.74, 6) is -0.560. The molecule has 2 rings (SSSR count). The molecule has 1 aliphatic heterocycles. The lowest BCUT2D eigenvalue weighted by molar-refractivity contribution is -0.384. The molecule has 120 valence electrons.